The Bertz CT molecular complexity index is 352. The first-order valence-corrected chi connectivity index (χ1v) is 8.68. The summed E-state index contributed by atoms with van der Waals surface area (Å²) < 4.78 is 0. The van der Waals surface area contributed by atoms with Gasteiger partial charge >= 0.3 is 0 Å². The second-order valence-corrected chi connectivity index (χ2v) is 7.31. The number of hydrogen-bond acceptors (Lipinski definition) is 3. The standard InChI is InChI=1S/C17H33N3O/c1-5-20-8-6-14(7-9-20)19(4)17(21)15-11-16(18)13(3)10-12(15)2/h12-16H,5-11,18H2,1-4H3. The molecule has 0 spiro atoms. The Labute approximate surface area is 130 Å². The van der Waals surface area contributed by atoms with Gasteiger partial charge in [-0.2, -0.15) is 0 Å². The highest BCUT2D eigenvalue weighted by Crippen LogP contribution is 2.34. The van der Waals surface area contributed by atoms with Crippen LogP contribution in [0.5, 0.6) is 0 Å². The van der Waals surface area contributed by atoms with Crippen LogP contribution in [-0.4, -0.2) is 54.5 Å². The average molecular weight is 295 g/mol. The highest BCUT2D eigenvalue weighted by atomic mass is 16.2. The van der Waals surface area contributed by atoms with Gasteiger partial charge in [0.25, 0.3) is 0 Å². The highest BCUT2D eigenvalue weighted by molar-refractivity contribution is 5.79. The van der Waals surface area contributed by atoms with Crippen LogP contribution < -0.4 is 5.73 Å². The lowest BCUT2D eigenvalue weighted by atomic mass is 9.72. The third-order valence-corrected chi connectivity index (χ3v) is 5.90. The molecule has 2 aliphatic rings. The first kappa shape index (κ1) is 16.8. The van der Waals surface area contributed by atoms with E-state index in [-0.39, 0.29) is 12.0 Å². The van der Waals surface area contributed by atoms with Crippen molar-refractivity contribution in [3.8, 4) is 0 Å². The van der Waals surface area contributed by atoms with Crippen molar-refractivity contribution >= 4 is 5.91 Å². The predicted octanol–water partition coefficient (Wildman–Crippen LogP) is 1.94. The van der Waals surface area contributed by atoms with Gasteiger partial charge in [0, 0.05) is 38.1 Å². The number of hydrogen-bond donors (Lipinski definition) is 1. The molecule has 4 heteroatoms. The third-order valence-electron chi connectivity index (χ3n) is 5.90. The van der Waals surface area contributed by atoms with Crippen LogP contribution in [0.25, 0.3) is 0 Å². The van der Waals surface area contributed by atoms with Crippen molar-refractivity contribution in [2.75, 3.05) is 26.7 Å². The van der Waals surface area contributed by atoms with Crippen molar-refractivity contribution in [1.29, 1.82) is 0 Å². The zero-order chi connectivity index (χ0) is 15.6. The topological polar surface area (TPSA) is 49.6 Å². The van der Waals surface area contributed by atoms with E-state index in [0.717, 1.165) is 45.3 Å². The van der Waals surface area contributed by atoms with E-state index in [1.807, 2.05) is 11.9 Å². The molecule has 1 amide bonds. The van der Waals surface area contributed by atoms with Crippen LogP contribution in [0.1, 0.15) is 46.5 Å². The third kappa shape index (κ3) is 3.78. The number of carbonyl (C=O) groups excluding carboxylic acids is 1. The Morgan fingerprint density at radius 3 is 2.38 bits per heavy atom. The molecule has 4 nitrogen and oxygen atoms in total. The van der Waals surface area contributed by atoms with Crippen molar-refractivity contribution in [2.24, 2.45) is 23.5 Å². The van der Waals surface area contributed by atoms with Gasteiger partial charge in [-0.05, 0) is 44.1 Å². The summed E-state index contributed by atoms with van der Waals surface area (Å²) in [6.07, 6.45) is 4.16. The van der Waals surface area contributed by atoms with Gasteiger partial charge in [-0.25, -0.2) is 0 Å². The molecule has 2 fully saturated rings. The average Bonchev–Trinajstić information content (AvgIpc) is 2.49. The zero-order valence-electron chi connectivity index (χ0n) is 14.2. The molecule has 4 atom stereocenters. The highest BCUT2D eigenvalue weighted by Gasteiger charge is 2.38. The van der Waals surface area contributed by atoms with E-state index in [1.54, 1.807) is 0 Å². The lowest BCUT2D eigenvalue weighted by molar-refractivity contribution is -0.140. The number of nitrogens with two attached hydrogens (primary N) is 1. The molecule has 1 heterocycles. The van der Waals surface area contributed by atoms with E-state index < -0.39 is 0 Å². The predicted molar refractivity (Wildman–Crippen MR) is 86.9 cm³/mol. The molecule has 0 aromatic heterocycles. The molecule has 1 saturated heterocycles. The van der Waals surface area contributed by atoms with Gasteiger partial charge < -0.3 is 15.5 Å². The summed E-state index contributed by atoms with van der Waals surface area (Å²) in [4.78, 5) is 17.4. The largest absolute Gasteiger partial charge is 0.342 e. The van der Waals surface area contributed by atoms with Gasteiger partial charge in [0.1, 0.15) is 0 Å². The summed E-state index contributed by atoms with van der Waals surface area (Å²) in [6, 6.07) is 0.605. The molecule has 1 saturated carbocycles. The van der Waals surface area contributed by atoms with Crippen molar-refractivity contribution in [2.45, 2.75) is 58.5 Å². The summed E-state index contributed by atoms with van der Waals surface area (Å²) in [5.41, 5.74) is 6.21. The minimum absolute atomic E-state index is 0.130. The maximum absolute atomic E-state index is 12.9. The molecule has 1 aliphatic carbocycles. The summed E-state index contributed by atoms with van der Waals surface area (Å²) >= 11 is 0. The number of amides is 1. The Morgan fingerprint density at radius 2 is 1.81 bits per heavy atom. The fraction of sp³-hybridized carbons (Fsp3) is 0.941. The first-order chi connectivity index (χ1) is 9.93. The van der Waals surface area contributed by atoms with Crippen molar-refractivity contribution in [1.82, 2.24) is 9.80 Å². The molecule has 122 valence electrons. The van der Waals surface area contributed by atoms with Crippen LogP contribution >= 0.6 is 0 Å². The lowest BCUT2D eigenvalue weighted by Gasteiger charge is -2.41. The normalized spacial score (nSPS) is 35.7. The summed E-state index contributed by atoms with van der Waals surface area (Å²) in [6.45, 7) is 10.0. The smallest absolute Gasteiger partial charge is 0.226 e. The van der Waals surface area contributed by atoms with Gasteiger partial charge in [-0.15, -0.1) is 0 Å². The maximum Gasteiger partial charge on any atom is 0.226 e. The van der Waals surface area contributed by atoms with Crippen LogP contribution in [0.2, 0.25) is 0 Å². The van der Waals surface area contributed by atoms with Gasteiger partial charge in [0.15, 0.2) is 0 Å². The van der Waals surface area contributed by atoms with Crippen LogP contribution in [0.3, 0.4) is 0 Å². The SMILES string of the molecule is CCN1CCC(N(C)C(=O)C2CC(N)C(C)CC2C)CC1. The Balaban J connectivity index is 1.93. The van der Waals surface area contributed by atoms with Crippen molar-refractivity contribution in [3.05, 3.63) is 0 Å². The number of piperidine rings is 1. The van der Waals surface area contributed by atoms with Crippen LogP contribution in [0.15, 0.2) is 0 Å². The lowest BCUT2D eigenvalue weighted by Crippen LogP contribution is -2.50. The number of nitrogens with zero attached hydrogens (tertiary/aromatic N) is 2. The van der Waals surface area contributed by atoms with Gasteiger partial charge in [-0.3, -0.25) is 4.79 Å². The molecule has 0 aromatic carbocycles. The molecular formula is C17H33N3O. The Morgan fingerprint density at radius 1 is 1.19 bits per heavy atom. The zero-order valence-corrected chi connectivity index (χ0v) is 14.2. The molecule has 21 heavy (non-hydrogen) atoms. The monoisotopic (exact) mass is 295 g/mol. The van der Waals surface area contributed by atoms with E-state index in [0.29, 0.717) is 23.8 Å². The molecule has 2 N–H and O–H groups in total. The van der Waals surface area contributed by atoms with Crippen LogP contribution in [0.4, 0.5) is 0 Å². The first-order valence-electron chi connectivity index (χ1n) is 8.68. The fourth-order valence-electron chi connectivity index (χ4n) is 4.09. The van der Waals surface area contributed by atoms with Crippen LogP contribution in [-0.2, 0) is 4.79 Å². The van der Waals surface area contributed by atoms with E-state index in [4.69, 9.17) is 5.73 Å². The van der Waals surface area contributed by atoms with E-state index in [9.17, 15) is 4.79 Å². The molecule has 0 bridgehead atoms. The Hall–Kier alpha value is -0.610. The van der Waals surface area contributed by atoms with Crippen molar-refractivity contribution in [3.63, 3.8) is 0 Å². The maximum atomic E-state index is 12.9. The quantitative estimate of drug-likeness (QED) is 0.865. The van der Waals surface area contributed by atoms with Crippen molar-refractivity contribution < 1.29 is 4.79 Å². The molecule has 0 aromatic rings. The molecule has 0 radical (unpaired) electrons. The summed E-state index contributed by atoms with van der Waals surface area (Å²) in [5.74, 6) is 1.47. The minimum Gasteiger partial charge on any atom is -0.342 e. The molecule has 4 unspecified atom stereocenters. The van der Waals surface area contributed by atoms with Gasteiger partial charge in [0.2, 0.25) is 5.91 Å². The molecular weight excluding hydrogens is 262 g/mol. The summed E-state index contributed by atoms with van der Waals surface area (Å²) in [5, 5.41) is 0. The van der Waals surface area contributed by atoms with E-state index in [2.05, 4.69) is 25.7 Å². The second-order valence-electron chi connectivity index (χ2n) is 7.31. The van der Waals surface area contributed by atoms with Crippen LogP contribution in [0, 0.1) is 17.8 Å². The van der Waals surface area contributed by atoms with E-state index in [1.165, 1.54) is 0 Å². The van der Waals surface area contributed by atoms with Gasteiger partial charge in [0.05, 0.1) is 0 Å². The summed E-state index contributed by atoms with van der Waals surface area (Å²) in [7, 11) is 2.00. The number of likely N-dealkylation sites (tertiary alicyclic amines) is 1. The minimum atomic E-state index is 0.130. The fourth-order valence-corrected chi connectivity index (χ4v) is 4.09. The van der Waals surface area contributed by atoms with E-state index >= 15 is 0 Å². The molecule has 1 aliphatic heterocycles. The van der Waals surface area contributed by atoms with Gasteiger partial charge in [-0.1, -0.05) is 20.8 Å². The number of rotatable bonds is 3. The molecule has 2 rings (SSSR count). The second kappa shape index (κ2) is 7.10. The Kier molecular flexibility index (Phi) is 5.67. The number of carbonyl (C=O) groups is 1.